The Morgan fingerprint density at radius 1 is 1.25 bits per heavy atom. The Morgan fingerprint density at radius 3 is 2.57 bits per heavy atom. The van der Waals surface area contributed by atoms with Crippen LogP contribution in [0.2, 0.25) is 0 Å². The van der Waals surface area contributed by atoms with Crippen molar-refractivity contribution in [2.24, 2.45) is 17.1 Å². The van der Waals surface area contributed by atoms with Gasteiger partial charge in [0.25, 0.3) is 0 Å². The van der Waals surface area contributed by atoms with E-state index in [1.165, 1.54) is 0 Å². The molecule has 0 unspecified atom stereocenters. The van der Waals surface area contributed by atoms with Crippen molar-refractivity contribution in [1.82, 2.24) is 4.90 Å². The molecule has 0 fully saturated rings. The monoisotopic (exact) mass is 373 g/mol. The van der Waals surface area contributed by atoms with Crippen molar-refractivity contribution in [3.05, 3.63) is 52.7 Å². The van der Waals surface area contributed by atoms with Crippen LogP contribution in [0, 0.1) is 45.3 Å². The summed E-state index contributed by atoms with van der Waals surface area (Å²) in [5, 5.41) is 30.0. The minimum Gasteiger partial charge on any atom is -0.496 e. The number of nitrogens with two attached hydrogens (primary N) is 1. The van der Waals surface area contributed by atoms with Gasteiger partial charge in [0.15, 0.2) is 5.41 Å². The molecule has 0 spiro atoms. The highest BCUT2D eigenvalue weighted by Gasteiger charge is 2.55. The third kappa shape index (κ3) is 2.82. The molecule has 2 atom stereocenters. The predicted molar refractivity (Wildman–Crippen MR) is 105 cm³/mol. The predicted octanol–water partition coefficient (Wildman–Crippen LogP) is 2.83. The molecule has 1 aromatic rings. The molecule has 1 aliphatic heterocycles. The fourth-order valence-corrected chi connectivity index (χ4v) is 4.51. The van der Waals surface area contributed by atoms with E-state index in [2.05, 4.69) is 30.0 Å². The van der Waals surface area contributed by atoms with Crippen LogP contribution in [0.4, 0.5) is 0 Å². The molecule has 0 saturated heterocycles. The van der Waals surface area contributed by atoms with Crippen molar-refractivity contribution in [3.63, 3.8) is 0 Å². The first-order valence-corrected chi connectivity index (χ1v) is 9.36. The maximum atomic E-state index is 10.1. The number of ether oxygens (including phenoxy) is 1. The van der Waals surface area contributed by atoms with Crippen molar-refractivity contribution in [2.45, 2.75) is 19.3 Å². The fourth-order valence-electron chi connectivity index (χ4n) is 4.51. The zero-order chi connectivity index (χ0) is 20.3. The van der Waals surface area contributed by atoms with Crippen LogP contribution in [-0.4, -0.2) is 31.6 Å². The molecule has 142 valence electrons. The largest absolute Gasteiger partial charge is 0.496 e. The van der Waals surface area contributed by atoms with Gasteiger partial charge in [-0.15, -0.1) is 0 Å². The van der Waals surface area contributed by atoms with Gasteiger partial charge in [-0.3, -0.25) is 4.90 Å². The zero-order valence-electron chi connectivity index (χ0n) is 16.1. The van der Waals surface area contributed by atoms with Crippen LogP contribution in [0.15, 0.2) is 47.2 Å². The first kappa shape index (κ1) is 19.5. The Kier molecular flexibility index (Phi) is 5.41. The number of methoxy groups -OCH3 is 1. The molecule has 6 heteroatoms. The molecule has 1 aromatic carbocycles. The summed E-state index contributed by atoms with van der Waals surface area (Å²) >= 11 is 0. The minimum absolute atomic E-state index is 0.0438. The third-order valence-electron chi connectivity index (χ3n) is 5.75. The van der Waals surface area contributed by atoms with Crippen molar-refractivity contribution in [2.75, 3.05) is 26.7 Å². The highest BCUT2D eigenvalue weighted by molar-refractivity contribution is 5.60. The maximum Gasteiger partial charge on any atom is 0.191 e. The zero-order valence-corrected chi connectivity index (χ0v) is 16.1. The summed E-state index contributed by atoms with van der Waals surface area (Å²) in [6.45, 7) is 4.41. The number of hydrogen-bond donors (Lipinski definition) is 1. The van der Waals surface area contributed by atoms with E-state index in [1.807, 2.05) is 30.3 Å². The lowest BCUT2D eigenvalue weighted by Gasteiger charge is -2.45. The highest BCUT2D eigenvalue weighted by Crippen LogP contribution is 2.55. The lowest BCUT2D eigenvalue weighted by Crippen LogP contribution is -2.48. The molecular formula is C22H23N5O. The van der Waals surface area contributed by atoms with Crippen LogP contribution in [0.1, 0.15) is 24.8 Å². The summed E-state index contributed by atoms with van der Waals surface area (Å²) in [6, 6.07) is 13.9. The molecule has 0 aromatic heterocycles. The molecule has 2 aliphatic rings. The summed E-state index contributed by atoms with van der Waals surface area (Å²) in [5.74, 6) is -0.109. The molecule has 0 bridgehead atoms. The van der Waals surface area contributed by atoms with E-state index in [0.717, 1.165) is 30.6 Å². The topological polar surface area (TPSA) is 110 Å². The second-order valence-electron chi connectivity index (χ2n) is 7.18. The fraction of sp³-hybridized carbons (Fsp3) is 0.409. The van der Waals surface area contributed by atoms with E-state index in [-0.39, 0.29) is 17.2 Å². The summed E-state index contributed by atoms with van der Waals surface area (Å²) in [7, 11) is 1.57. The van der Waals surface area contributed by atoms with Gasteiger partial charge < -0.3 is 10.5 Å². The number of hydrogen-bond acceptors (Lipinski definition) is 6. The third-order valence-corrected chi connectivity index (χ3v) is 5.75. The standard InChI is InChI=1S/C22H23N5O/c1-3-9-27-10-8-15-17(11-23)21(26)22(13-24,14-25)20(18(15)12-27)16-6-4-5-7-19(16)28-2/h4-8,18,20H,3,9-10,12,26H2,1-2H3/t18-,20+/m1/s1. The van der Waals surface area contributed by atoms with Gasteiger partial charge in [-0.1, -0.05) is 31.2 Å². The molecule has 2 N–H and O–H groups in total. The molecule has 3 rings (SSSR count). The number of allylic oxidation sites excluding steroid dienone is 2. The van der Waals surface area contributed by atoms with Crippen molar-refractivity contribution >= 4 is 0 Å². The van der Waals surface area contributed by atoms with Crippen molar-refractivity contribution in [3.8, 4) is 24.0 Å². The number of nitriles is 3. The highest BCUT2D eigenvalue weighted by atomic mass is 16.5. The second kappa shape index (κ2) is 7.77. The van der Waals surface area contributed by atoms with E-state index in [9.17, 15) is 15.8 Å². The van der Waals surface area contributed by atoms with Gasteiger partial charge in [-0.2, -0.15) is 15.8 Å². The Bertz CT molecular complexity index is 942. The van der Waals surface area contributed by atoms with Crippen LogP contribution < -0.4 is 10.5 Å². The van der Waals surface area contributed by atoms with Crippen molar-refractivity contribution in [1.29, 1.82) is 15.8 Å². The van der Waals surface area contributed by atoms with Gasteiger partial charge in [0, 0.05) is 30.5 Å². The Hall–Kier alpha value is -3.27. The molecule has 1 aliphatic carbocycles. The molecule has 0 radical (unpaired) electrons. The second-order valence-corrected chi connectivity index (χ2v) is 7.18. The smallest absolute Gasteiger partial charge is 0.191 e. The van der Waals surface area contributed by atoms with E-state index < -0.39 is 11.3 Å². The number of fused-ring (bicyclic) bond motifs is 1. The summed E-state index contributed by atoms with van der Waals surface area (Å²) in [5.41, 5.74) is 6.62. The lowest BCUT2D eigenvalue weighted by molar-refractivity contribution is 0.205. The number of benzene rings is 1. The van der Waals surface area contributed by atoms with Crippen LogP contribution >= 0.6 is 0 Å². The molecule has 0 saturated carbocycles. The molecule has 0 amide bonds. The Balaban J connectivity index is 2.31. The minimum atomic E-state index is -1.63. The van der Waals surface area contributed by atoms with Gasteiger partial charge in [0.2, 0.25) is 0 Å². The van der Waals surface area contributed by atoms with Gasteiger partial charge in [0.1, 0.15) is 11.8 Å². The Labute approximate surface area is 165 Å². The van der Waals surface area contributed by atoms with E-state index in [4.69, 9.17) is 10.5 Å². The normalized spacial score (nSPS) is 23.6. The number of para-hydroxylation sites is 1. The lowest BCUT2D eigenvalue weighted by atomic mass is 9.58. The van der Waals surface area contributed by atoms with Crippen molar-refractivity contribution < 1.29 is 4.74 Å². The van der Waals surface area contributed by atoms with E-state index >= 15 is 0 Å². The average Bonchev–Trinajstić information content (AvgIpc) is 2.73. The van der Waals surface area contributed by atoms with Gasteiger partial charge in [-0.25, -0.2) is 0 Å². The first-order valence-electron chi connectivity index (χ1n) is 9.36. The first-order chi connectivity index (χ1) is 13.6. The van der Waals surface area contributed by atoms with Gasteiger partial charge in [0.05, 0.1) is 30.5 Å². The number of nitrogens with zero attached hydrogens (tertiary/aromatic N) is 4. The molecule has 6 nitrogen and oxygen atoms in total. The SMILES string of the molecule is CCCN1CC=C2C(C#N)=C(N)C(C#N)(C#N)[C@@H](c3ccccc3OC)[C@@H]2C1. The number of rotatable bonds is 4. The molecule has 1 heterocycles. The Morgan fingerprint density at radius 2 is 1.96 bits per heavy atom. The van der Waals surface area contributed by atoms with Crippen LogP contribution in [0.5, 0.6) is 5.75 Å². The maximum absolute atomic E-state index is 10.1. The average molecular weight is 373 g/mol. The summed E-state index contributed by atoms with van der Waals surface area (Å²) in [6.07, 6.45) is 3.02. The van der Waals surface area contributed by atoms with Crippen LogP contribution in [0.3, 0.4) is 0 Å². The van der Waals surface area contributed by atoms with Gasteiger partial charge in [-0.05, 0) is 24.6 Å². The van der Waals surface area contributed by atoms with Crippen LogP contribution in [-0.2, 0) is 0 Å². The molecule has 28 heavy (non-hydrogen) atoms. The molecular weight excluding hydrogens is 350 g/mol. The van der Waals surface area contributed by atoms with E-state index in [1.54, 1.807) is 7.11 Å². The van der Waals surface area contributed by atoms with Crippen LogP contribution in [0.25, 0.3) is 0 Å². The summed E-state index contributed by atoms with van der Waals surface area (Å²) in [4.78, 5) is 2.28. The summed E-state index contributed by atoms with van der Waals surface area (Å²) < 4.78 is 5.55. The van der Waals surface area contributed by atoms with Gasteiger partial charge >= 0.3 is 0 Å². The quantitative estimate of drug-likeness (QED) is 0.869. The van der Waals surface area contributed by atoms with E-state index in [0.29, 0.717) is 12.3 Å².